The van der Waals surface area contributed by atoms with Crippen molar-refractivity contribution in [1.82, 2.24) is 0 Å². The van der Waals surface area contributed by atoms with Crippen molar-refractivity contribution in [2.24, 2.45) is 0 Å². The average molecular weight is 1220 g/mol. The van der Waals surface area contributed by atoms with Gasteiger partial charge in [0.05, 0.1) is 28.2 Å². The van der Waals surface area contributed by atoms with E-state index in [1.165, 1.54) is 117 Å². The van der Waals surface area contributed by atoms with E-state index in [1.807, 2.05) is 0 Å². The van der Waals surface area contributed by atoms with E-state index in [1.54, 1.807) is 0 Å². The third kappa shape index (κ3) is 8.73. The maximum Gasteiger partial charge on any atom is 0.159 e. The van der Waals surface area contributed by atoms with Gasteiger partial charge in [0.1, 0.15) is 11.2 Å². The SMILES string of the molecule is c1ccc(-c2cccc(N(c3cc4c(c5ccccc35)-c3c(cc(N(c5cccc(-c6ccccc6)c5)c5cccc6c5oc5c(C7CCCC7)cccc56)c5ccccc35)C4(c3ccccc3)c3ccccc3)c3cccc4c3oc3c(C5CCCC5)cccc34)c2)cc1. The Labute approximate surface area is 553 Å². The van der Waals surface area contributed by atoms with Crippen LogP contribution in [0, 0.1) is 0 Å². The Kier molecular flexibility index (Phi) is 13.2. The molecule has 0 spiro atoms. The minimum atomic E-state index is -0.872. The third-order valence-electron chi connectivity index (χ3n) is 21.6. The molecule has 0 bridgehead atoms. The second-order valence-electron chi connectivity index (χ2n) is 26.6. The highest BCUT2D eigenvalue weighted by Gasteiger charge is 2.49. The van der Waals surface area contributed by atoms with Crippen molar-refractivity contribution in [1.29, 1.82) is 0 Å². The van der Waals surface area contributed by atoms with Crippen molar-refractivity contribution in [3.05, 3.63) is 337 Å². The van der Waals surface area contributed by atoms with E-state index in [2.05, 4.69) is 313 Å². The molecule has 3 aliphatic rings. The monoisotopic (exact) mass is 1220 g/mol. The Morgan fingerprint density at radius 1 is 0.263 bits per heavy atom. The van der Waals surface area contributed by atoms with Crippen LogP contribution in [0.25, 0.3) is 98.8 Å². The van der Waals surface area contributed by atoms with Gasteiger partial charge in [0.25, 0.3) is 0 Å². The van der Waals surface area contributed by atoms with Crippen LogP contribution < -0.4 is 9.80 Å². The molecule has 0 unspecified atom stereocenters. The van der Waals surface area contributed by atoms with E-state index in [9.17, 15) is 0 Å². The zero-order chi connectivity index (χ0) is 62.6. The van der Waals surface area contributed by atoms with Gasteiger partial charge in [0.15, 0.2) is 11.2 Å². The van der Waals surface area contributed by atoms with Gasteiger partial charge in [-0.05, 0) is 164 Å². The first-order valence-corrected chi connectivity index (χ1v) is 34.2. The topological polar surface area (TPSA) is 32.8 Å². The second-order valence-corrected chi connectivity index (χ2v) is 26.6. The number of benzene rings is 14. The van der Waals surface area contributed by atoms with E-state index in [4.69, 9.17) is 8.83 Å². The number of rotatable bonds is 12. The van der Waals surface area contributed by atoms with Crippen LogP contribution in [0.2, 0.25) is 0 Å². The van der Waals surface area contributed by atoms with E-state index < -0.39 is 5.41 Å². The van der Waals surface area contributed by atoms with Crippen LogP contribution in [0.15, 0.2) is 312 Å². The molecule has 0 atom stereocenters. The number of fused-ring (bicyclic) bond motifs is 13. The molecule has 2 heterocycles. The van der Waals surface area contributed by atoms with Crippen molar-refractivity contribution in [3.8, 4) is 33.4 Å². The van der Waals surface area contributed by atoms with Crippen molar-refractivity contribution < 1.29 is 8.83 Å². The van der Waals surface area contributed by atoms with Crippen LogP contribution in [0.5, 0.6) is 0 Å². The molecule has 16 aromatic rings. The Balaban J connectivity index is 0.928. The summed E-state index contributed by atoms with van der Waals surface area (Å²) < 4.78 is 15.0. The molecule has 2 aromatic heterocycles. The molecule has 95 heavy (non-hydrogen) atoms. The number of hydrogen-bond acceptors (Lipinski definition) is 4. The van der Waals surface area contributed by atoms with Crippen molar-refractivity contribution in [2.45, 2.75) is 68.6 Å². The molecular formula is C91H68N2O2. The average Bonchev–Trinajstić information content (AvgIpc) is 1.52. The number of furan rings is 2. The summed E-state index contributed by atoms with van der Waals surface area (Å²) in [5.41, 5.74) is 23.6. The third-order valence-corrected chi connectivity index (χ3v) is 21.6. The fourth-order valence-electron chi connectivity index (χ4n) is 17.4. The lowest BCUT2D eigenvalue weighted by atomic mass is 9.67. The molecule has 0 aliphatic heterocycles. The first-order chi connectivity index (χ1) is 47.2. The summed E-state index contributed by atoms with van der Waals surface area (Å²) >= 11 is 0. The summed E-state index contributed by atoms with van der Waals surface area (Å²) in [5.74, 6) is 0.952. The molecular weight excluding hydrogens is 1150 g/mol. The molecule has 0 radical (unpaired) electrons. The van der Waals surface area contributed by atoms with Gasteiger partial charge in [-0.3, -0.25) is 0 Å². The number of nitrogens with zero attached hydrogens (tertiary/aromatic N) is 2. The Bertz CT molecular complexity index is 5290. The maximum atomic E-state index is 7.51. The standard InChI is InChI=1S/C91H68N2O2/c1-5-27-59(28-6-1)63-35-21-41-67(55-63)92(81-53-25-51-77-75-49-23-47-69(61-31-13-14-32-61)87(75)94-89(77)81)83-57-79-85(73-45-19-17-43-71(73)83)86-74-46-20-18-44-72(74)84(58-80(86)91(79,65-37-9-3-10-38-65)66-39-11-4-12-40-66)93(68-42-22-36-64(56-68)60-29-7-2-8-30-60)82-54-26-52-78-76-50-24-48-70(62-33-15-16-34-62)88(76)95-90(78)82/h1-12,17-30,35-58,61-62H,13-16,31-34H2. The summed E-state index contributed by atoms with van der Waals surface area (Å²) in [4.78, 5) is 5.05. The molecule has 0 saturated heterocycles. The first kappa shape index (κ1) is 55.4. The molecule has 4 heteroatoms. The highest BCUT2D eigenvalue weighted by atomic mass is 16.3. The molecule has 19 rings (SSSR count). The molecule has 2 saturated carbocycles. The van der Waals surface area contributed by atoms with Gasteiger partial charge >= 0.3 is 0 Å². The van der Waals surface area contributed by atoms with Crippen LogP contribution >= 0.6 is 0 Å². The van der Waals surface area contributed by atoms with E-state index in [0.717, 1.165) is 100 Å². The normalized spacial score (nSPS) is 14.6. The zero-order valence-corrected chi connectivity index (χ0v) is 52.9. The molecule has 2 fully saturated rings. The largest absolute Gasteiger partial charge is 0.454 e. The van der Waals surface area contributed by atoms with Gasteiger partial charge in [-0.15, -0.1) is 0 Å². The van der Waals surface area contributed by atoms with Gasteiger partial charge in [-0.2, -0.15) is 0 Å². The van der Waals surface area contributed by atoms with Crippen LogP contribution in [0.4, 0.5) is 34.1 Å². The van der Waals surface area contributed by atoms with Gasteiger partial charge < -0.3 is 18.6 Å². The highest BCUT2D eigenvalue weighted by molar-refractivity contribution is 6.21. The summed E-state index contributed by atoms with van der Waals surface area (Å²) in [5, 5.41) is 9.20. The van der Waals surface area contributed by atoms with Crippen molar-refractivity contribution >= 4 is 99.5 Å². The van der Waals surface area contributed by atoms with E-state index in [0.29, 0.717) is 11.8 Å². The first-order valence-electron chi connectivity index (χ1n) is 34.2. The lowest BCUT2D eigenvalue weighted by Gasteiger charge is -2.36. The summed E-state index contributed by atoms with van der Waals surface area (Å²) in [7, 11) is 0. The predicted octanol–water partition coefficient (Wildman–Crippen LogP) is 25.7. The van der Waals surface area contributed by atoms with Crippen LogP contribution in [0.3, 0.4) is 0 Å². The van der Waals surface area contributed by atoms with Gasteiger partial charge in [0.2, 0.25) is 0 Å². The van der Waals surface area contributed by atoms with Crippen molar-refractivity contribution in [2.75, 3.05) is 9.80 Å². The van der Waals surface area contributed by atoms with Crippen LogP contribution in [0.1, 0.15) is 96.6 Å². The summed E-state index contributed by atoms with van der Waals surface area (Å²) in [6.45, 7) is 0. The Morgan fingerprint density at radius 3 is 1.00 bits per heavy atom. The lowest BCUT2D eigenvalue weighted by molar-refractivity contribution is 0.643. The quantitative estimate of drug-likeness (QED) is 0.122. The van der Waals surface area contributed by atoms with Gasteiger partial charge in [-0.1, -0.05) is 280 Å². The second kappa shape index (κ2) is 22.5. The minimum Gasteiger partial charge on any atom is -0.454 e. The molecule has 0 N–H and O–H groups in total. The number of para-hydroxylation sites is 4. The number of hydrogen-bond donors (Lipinski definition) is 0. The smallest absolute Gasteiger partial charge is 0.159 e. The lowest BCUT2D eigenvalue weighted by Crippen LogP contribution is -2.29. The zero-order valence-electron chi connectivity index (χ0n) is 52.9. The molecule has 14 aromatic carbocycles. The fourth-order valence-corrected chi connectivity index (χ4v) is 17.4. The summed E-state index contributed by atoms with van der Waals surface area (Å²) in [6.07, 6.45) is 9.73. The molecule has 4 nitrogen and oxygen atoms in total. The summed E-state index contributed by atoms with van der Waals surface area (Å²) in [6, 6.07) is 113. The predicted molar refractivity (Wildman–Crippen MR) is 396 cm³/mol. The Hall–Kier alpha value is -11.2. The van der Waals surface area contributed by atoms with E-state index >= 15 is 0 Å². The van der Waals surface area contributed by atoms with Gasteiger partial charge in [-0.25, -0.2) is 0 Å². The molecule has 3 aliphatic carbocycles. The minimum absolute atomic E-state index is 0.476. The number of anilines is 6. The van der Waals surface area contributed by atoms with Crippen molar-refractivity contribution in [3.63, 3.8) is 0 Å². The highest BCUT2D eigenvalue weighted by Crippen LogP contribution is 2.64. The van der Waals surface area contributed by atoms with Gasteiger partial charge in [0, 0.05) is 43.7 Å². The van der Waals surface area contributed by atoms with Crippen LogP contribution in [-0.4, -0.2) is 0 Å². The van der Waals surface area contributed by atoms with Crippen LogP contribution in [-0.2, 0) is 5.41 Å². The van der Waals surface area contributed by atoms with E-state index in [-0.39, 0.29) is 0 Å². The maximum absolute atomic E-state index is 7.51. The Morgan fingerprint density at radius 2 is 0.589 bits per heavy atom. The fraction of sp³-hybridized carbons (Fsp3) is 0.121. The molecule has 0 amide bonds. The molecule has 454 valence electrons.